The number of aryl methyl sites for hydroxylation is 2. The SMILES string of the molecule is Cc1cn(C2CCN(S(C)(=O)=O)CC2)nc1C. The summed E-state index contributed by atoms with van der Waals surface area (Å²) in [6.07, 6.45) is 5.01. The molecule has 1 aliphatic rings. The van der Waals surface area contributed by atoms with Crippen molar-refractivity contribution < 1.29 is 8.42 Å². The van der Waals surface area contributed by atoms with Gasteiger partial charge in [-0.25, -0.2) is 12.7 Å². The summed E-state index contributed by atoms with van der Waals surface area (Å²) in [7, 11) is -3.03. The van der Waals surface area contributed by atoms with E-state index < -0.39 is 10.0 Å². The number of nitrogens with zero attached hydrogens (tertiary/aromatic N) is 3. The third kappa shape index (κ3) is 2.69. The topological polar surface area (TPSA) is 55.2 Å². The van der Waals surface area contributed by atoms with Crippen molar-refractivity contribution in [3.8, 4) is 0 Å². The molecule has 1 fully saturated rings. The Morgan fingerprint density at radius 3 is 2.29 bits per heavy atom. The molecule has 96 valence electrons. The van der Waals surface area contributed by atoms with Crippen LogP contribution < -0.4 is 0 Å². The third-order valence-electron chi connectivity index (χ3n) is 3.43. The normalized spacial score (nSPS) is 19.7. The average molecular weight is 257 g/mol. The lowest BCUT2D eigenvalue weighted by Gasteiger charge is -2.30. The molecule has 0 bridgehead atoms. The summed E-state index contributed by atoms with van der Waals surface area (Å²) in [5.74, 6) is 0. The van der Waals surface area contributed by atoms with Crippen LogP contribution in [-0.4, -0.2) is 41.8 Å². The first-order valence-electron chi connectivity index (χ1n) is 5.85. The smallest absolute Gasteiger partial charge is 0.211 e. The van der Waals surface area contributed by atoms with Crippen molar-refractivity contribution in [1.29, 1.82) is 0 Å². The van der Waals surface area contributed by atoms with Crippen LogP contribution in [0.5, 0.6) is 0 Å². The van der Waals surface area contributed by atoms with Gasteiger partial charge in [0.15, 0.2) is 0 Å². The minimum atomic E-state index is -3.03. The summed E-state index contributed by atoms with van der Waals surface area (Å²) in [6, 6.07) is 0.334. The Labute approximate surface area is 102 Å². The van der Waals surface area contributed by atoms with Crippen LogP contribution in [0.3, 0.4) is 0 Å². The fraction of sp³-hybridized carbons (Fsp3) is 0.727. The van der Waals surface area contributed by atoms with Crippen molar-refractivity contribution >= 4 is 10.0 Å². The second-order valence-electron chi connectivity index (χ2n) is 4.77. The summed E-state index contributed by atoms with van der Waals surface area (Å²) in [5.41, 5.74) is 2.24. The monoisotopic (exact) mass is 257 g/mol. The minimum absolute atomic E-state index is 0.334. The molecule has 0 N–H and O–H groups in total. The maximum atomic E-state index is 11.4. The van der Waals surface area contributed by atoms with Gasteiger partial charge in [-0.3, -0.25) is 4.68 Å². The van der Waals surface area contributed by atoms with Crippen LogP contribution in [0.2, 0.25) is 0 Å². The molecule has 6 heteroatoms. The third-order valence-corrected chi connectivity index (χ3v) is 4.73. The second kappa shape index (κ2) is 4.42. The molecular formula is C11H19N3O2S. The zero-order chi connectivity index (χ0) is 12.6. The lowest BCUT2D eigenvalue weighted by molar-refractivity contribution is 0.262. The standard InChI is InChI=1S/C11H19N3O2S/c1-9-8-14(12-10(9)2)11-4-6-13(7-5-11)17(3,15)16/h8,11H,4-7H2,1-3H3. The molecule has 0 aliphatic carbocycles. The van der Waals surface area contributed by atoms with Crippen molar-refractivity contribution in [2.24, 2.45) is 0 Å². The van der Waals surface area contributed by atoms with E-state index in [1.165, 1.54) is 11.8 Å². The zero-order valence-electron chi connectivity index (χ0n) is 10.5. The molecule has 0 radical (unpaired) electrons. The predicted octanol–water partition coefficient (Wildman–Crippen LogP) is 1.10. The Morgan fingerprint density at radius 2 is 1.88 bits per heavy atom. The molecule has 2 heterocycles. The molecule has 1 aliphatic heterocycles. The molecular weight excluding hydrogens is 238 g/mol. The van der Waals surface area contributed by atoms with Crippen LogP contribution in [0.1, 0.15) is 30.1 Å². The van der Waals surface area contributed by atoms with Crippen molar-refractivity contribution in [2.75, 3.05) is 19.3 Å². The number of sulfonamides is 1. The molecule has 0 spiro atoms. The van der Waals surface area contributed by atoms with E-state index in [0.717, 1.165) is 18.5 Å². The minimum Gasteiger partial charge on any atom is -0.269 e. The van der Waals surface area contributed by atoms with Gasteiger partial charge in [0, 0.05) is 19.3 Å². The summed E-state index contributed by atoms with van der Waals surface area (Å²) < 4.78 is 26.3. The Balaban J connectivity index is 2.04. The fourth-order valence-corrected chi connectivity index (χ4v) is 3.07. The fourth-order valence-electron chi connectivity index (χ4n) is 2.20. The lowest BCUT2D eigenvalue weighted by atomic mass is 10.1. The molecule has 1 saturated heterocycles. The zero-order valence-corrected chi connectivity index (χ0v) is 11.4. The second-order valence-corrected chi connectivity index (χ2v) is 6.75. The number of aromatic nitrogens is 2. The number of hydrogen-bond acceptors (Lipinski definition) is 3. The van der Waals surface area contributed by atoms with Gasteiger partial charge in [0.1, 0.15) is 0 Å². The van der Waals surface area contributed by atoms with Crippen molar-refractivity contribution in [1.82, 2.24) is 14.1 Å². The Morgan fingerprint density at radius 1 is 1.29 bits per heavy atom. The first kappa shape index (κ1) is 12.6. The van der Waals surface area contributed by atoms with E-state index in [-0.39, 0.29) is 0 Å². The van der Waals surface area contributed by atoms with Crippen molar-refractivity contribution in [3.05, 3.63) is 17.5 Å². The van der Waals surface area contributed by atoms with E-state index >= 15 is 0 Å². The van der Waals surface area contributed by atoms with Crippen LogP contribution in [-0.2, 0) is 10.0 Å². The van der Waals surface area contributed by atoms with Crippen LogP contribution in [0.4, 0.5) is 0 Å². The van der Waals surface area contributed by atoms with Gasteiger partial charge in [-0.1, -0.05) is 0 Å². The molecule has 17 heavy (non-hydrogen) atoms. The highest BCUT2D eigenvalue weighted by Crippen LogP contribution is 2.24. The molecule has 1 aromatic heterocycles. The molecule has 1 aromatic rings. The Hall–Kier alpha value is -0.880. The Bertz CT molecular complexity index is 479. The van der Waals surface area contributed by atoms with Gasteiger partial charge in [0.05, 0.1) is 18.0 Å². The van der Waals surface area contributed by atoms with E-state index in [1.54, 1.807) is 4.31 Å². The number of rotatable bonds is 2. The van der Waals surface area contributed by atoms with Crippen LogP contribution in [0.25, 0.3) is 0 Å². The summed E-state index contributed by atoms with van der Waals surface area (Å²) in [4.78, 5) is 0. The van der Waals surface area contributed by atoms with Crippen molar-refractivity contribution in [2.45, 2.75) is 32.7 Å². The van der Waals surface area contributed by atoms with E-state index in [0.29, 0.717) is 19.1 Å². The van der Waals surface area contributed by atoms with Gasteiger partial charge < -0.3 is 0 Å². The molecule has 0 unspecified atom stereocenters. The highest BCUT2D eigenvalue weighted by Gasteiger charge is 2.26. The molecule has 0 aromatic carbocycles. The van der Waals surface area contributed by atoms with Crippen LogP contribution >= 0.6 is 0 Å². The van der Waals surface area contributed by atoms with Gasteiger partial charge in [0.25, 0.3) is 0 Å². The van der Waals surface area contributed by atoms with E-state index in [1.807, 2.05) is 18.5 Å². The quantitative estimate of drug-likeness (QED) is 0.797. The van der Waals surface area contributed by atoms with Gasteiger partial charge in [0.2, 0.25) is 10.0 Å². The van der Waals surface area contributed by atoms with E-state index in [9.17, 15) is 8.42 Å². The highest BCUT2D eigenvalue weighted by molar-refractivity contribution is 7.88. The first-order chi connectivity index (χ1) is 7.88. The van der Waals surface area contributed by atoms with E-state index in [4.69, 9.17) is 0 Å². The van der Waals surface area contributed by atoms with Gasteiger partial charge in [-0.2, -0.15) is 5.10 Å². The lowest BCUT2D eigenvalue weighted by Crippen LogP contribution is -2.38. The first-order valence-corrected chi connectivity index (χ1v) is 7.70. The summed E-state index contributed by atoms with van der Waals surface area (Å²) in [6.45, 7) is 5.24. The summed E-state index contributed by atoms with van der Waals surface area (Å²) >= 11 is 0. The molecule has 0 atom stereocenters. The predicted molar refractivity (Wildman–Crippen MR) is 66.4 cm³/mol. The number of piperidine rings is 1. The molecule has 0 amide bonds. The van der Waals surface area contributed by atoms with Gasteiger partial charge in [-0.05, 0) is 32.3 Å². The van der Waals surface area contributed by atoms with Crippen LogP contribution in [0.15, 0.2) is 6.20 Å². The Kier molecular flexibility index (Phi) is 3.27. The van der Waals surface area contributed by atoms with Crippen LogP contribution in [0, 0.1) is 13.8 Å². The maximum absolute atomic E-state index is 11.4. The van der Waals surface area contributed by atoms with E-state index in [2.05, 4.69) is 11.3 Å². The molecule has 0 saturated carbocycles. The van der Waals surface area contributed by atoms with Crippen molar-refractivity contribution in [3.63, 3.8) is 0 Å². The summed E-state index contributed by atoms with van der Waals surface area (Å²) in [5, 5.41) is 4.47. The molecule has 5 nitrogen and oxygen atoms in total. The average Bonchev–Trinajstić information content (AvgIpc) is 2.58. The van der Waals surface area contributed by atoms with Gasteiger partial charge in [-0.15, -0.1) is 0 Å². The number of hydrogen-bond donors (Lipinski definition) is 0. The van der Waals surface area contributed by atoms with Gasteiger partial charge >= 0.3 is 0 Å². The maximum Gasteiger partial charge on any atom is 0.211 e. The largest absolute Gasteiger partial charge is 0.269 e. The molecule has 2 rings (SSSR count). The highest BCUT2D eigenvalue weighted by atomic mass is 32.2.